The van der Waals surface area contributed by atoms with Crippen LogP contribution in [0.3, 0.4) is 0 Å². The number of thiophene rings is 1. The molecule has 0 aliphatic heterocycles. The van der Waals surface area contributed by atoms with E-state index in [1.807, 2.05) is 23.6 Å². The van der Waals surface area contributed by atoms with Gasteiger partial charge in [-0.05, 0) is 42.8 Å². The highest BCUT2D eigenvalue weighted by atomic mass is 32.2. The van der Waals surface area contributed by atoms with E-state index in [1.165, 1.54) is 4.88 Å². The van der Waals surface area contributed by atoms with Gasteiger partial charge in [0.25, 0.3) is 0 Å². The lowest BCUT2D eigenvalue weighted by Gasteiger charge is -2.12. The van der Waals surface area contributed by atoms with Crippen molar-refractivity contribution < 1.29 is 8.42 Å². The summed E-state index contributed by atoms with van der Waals surface area (Å²) in [4.78, 5) is 1.63. The standard InChI is InChI=1S/C15H18N2O2S2/c18-21(19,17-12-7-8-12)15-6-2-1-5-14(15)16-10-9-13-4-3-11-20-13/h1-6,11-12,16-17H,7-10H2. The molecule has 1 aromatic carbocycles. The maximum atomic E-state index is 12.3. The number of rotatable bonds is 7. The lowest BCUT2D eigenvalue weighted by atomic mass is 10.3. The van der Waals surface area contributed by atoms with Crippen LogP contribution in [0.1, 0.15) is 17.7 Å². The van der Waals surface area contributed by atoms with E-state index in [0.717, 1.165) is 25.8 Å². The Morgan fingerprint density at radius 3 is 2.67 bits per heavy atom. The monoisotopic (exact) mass is 322 g/mol. The van der Waals surface area contributed by atoms with Crippen LogP contribution in [0.2, 0.25) is 0 Å². The maximum Gasteiger partial charge on any atom is 0.242 e. The van der Waals surface area contributed by atoms with Crippen molar-refractivity contribution in [2.24, 2.45) is 0 Å². The molecule has 1 heterocycles. The predicted octanol–water partition coefficient (Wildman–Crippen LogP) is 2.84. The van der Waals surface area contributed by atoms with Gasteiger partial charge in [-0.1, -0.05) is 18.2 Å². The molecule has 0 radical (unpaired) electrons. The molecule has 1 aliphatic carbocycles. The van der Waals surface area contributed by atoms with Gasteiger partial charge >= 0.3 is 0 Å². The third-order valence-electron chi connectivity index (χ3n) is 3.34. The Labute approximate surface area is 129 Å². The van der Waals surface area contributed by atoms with Crippen molar-refractivity contribution in [2.45, 2.75) is 30.2 Å². The van der Waals surface area contributed by atoms with E-state index in [4.69, 9.17) is 0 Å². The van der Waals surface area contributed by atoms with E-state index >= 15 is 0 Å². The molecule has 1 fully saturated rings. The summed E-state index contributed by atoms with van der Waals surface area (Å²) < 4.78 is 27.4. The quantitative estimate of drug-likeness (QED) is 0.824. The first kappa shape index (κ1) is 14.6. The van der Waals surface area contributed by atoms with Crippen molar-refractivity contribution >= 4 is 27.0 Å². The summed E-state index contributed by atoms with van der Waals surface area (Å²) >= 11 is 1.71. The second kappa shape index (κ2) is 6.17. The van der Waals surface area contributed by atoms with Crippen LogP contribution in [0, 0.1) is 0 Å². The van der Waals surface area contributed by atoms with E-state index in [2.05, 4.69) is 16.1 Å². The second-order valence-corrected chi connectivity index (χ2v) is 7.86. The van der Waals surface area contributed by atoms with Gasteiger partial charge in [-0.15, -0.1) is 11.3 Å². The van der Waals surface area contributed by atoms with Crippen LogP contribution in [-0.4, -0.2) is 21.0 Å². The van der Waals surface area contributed by atoms with Gasteiger partial charge in [0.1, 0.15) is 4.90 Å². The van der Waals surface area contributed by atoms with Gasteiger partial charge in [0.05, 0.1) is 5.69 Å². The minimum Gasteiger partial charge on any atom is -0.384 e. The van der Waals surface area contributed by atoms with Crippen LogP contribution in [-0.2, 0) is 16.4 Å². The summed E-state index contributed by atoms with van der Waals surface area (Å²) in [6.45, 7) is 0.719. The third-order valence-corrected chi connectivity index (χ3v) is 5.86. The van der Waals surface area contributed by atoms with Gasteiger partial charge in [-0.25, -0.2) is 13.1 Å². The summed E-state index contributed by atoms with van der Waals surface area (Å²) in [5, 5.41) is 5.29. The molecular weight excluding hydrogens is 304 g/mol. The van der Waals surface area contributed by atoms with Gasteiger partial charge < -0.3 is 5.32 Å². The molecule has 0 bridgehead atoms. The number of para-hydroxylation sites is 1. The molecule has 4 nitrogen and oxygen atoms in total. The van der Waals surface area contributed by atoms with Gasteiger partial charge in [0.15, 0.2) is 0 Å². The van der Waals surface area contributed by atoms with Crippen LogP contribution in [0.4, 0.5) is 5.69 Å². The summed E-state index contributed by atoms with van der Waals surface area (Å²) in [7, 11) is -3.42. The van der Waals surface area contributed by atoms with Crippen molar-refractivity contribution in [1.29, 1.82) is 0 Å². The highest BCUT2D eigenvalue weighted by molar-refractivity contribution is 7.89. The molecular formula is C15H18N2O2S2. The fraction of sp³-hybridized carbons (Fsp3) is 0.333. The number of hydrogen-bond donors (Lipinski definition) is 2. The van der Waals surface area contributed by atoms with Gasteiger partial charge in [-0.2, -0.15) is 0 Å². The molecule has 0 amide bonds. The zero-order valence-electron chi connectivity index (χ0n) is 11.6. The van der Waals surface area contributed by atoms with Crippen molar-refractivity contribution in [2.75, 3.05) is 11.9 Å². The predicted molar refractivity (Wildman–Crippen MR) is 86.3 cm³/mol. The minimum atomic E-state index is -3.42. The van der Waals surface area contributed by atoms with Crippen LogP contribution >= 0.6 is 11.3 Å². The average Bonchev–Trinajstić information content (AvgIpc) is 3.11. The molecule has 6 heteroatoms. The van der Waals surface area contributed by atoms with Crippen LogP contribution in [0.5, 0.6) is 0 Å². The van der Waals surface area contributed by atoms with Crippen LogP contribution < -0.4 is 10.0 Å². The van der Waals surface area contributed by atoms with E-state index in [-0.39, 0.29) is 6.04 Å². The number of benzene rings is 1. The molecule has 1 aliphatic rings. The fourth-order valence-electron chi connectivity index (χ4n) is 2.11. The highest BCUT2D eigenvalue weighted by Crippen LogP contribution is 2.26. The molecule has 2 N–H and O–H groups in total. The van der Waals surface area contributed by atoms with Crippen LogP contribution in [0.15, 0.2) is 46.7 Å². The Bertz CT molecular complexity index is 692. The number of nitrogens with one attached hydrogen (secondary N) is 2. The Hall–Kier alpha value is -1.37. The molecule has 112 valence electrons. The van der Waals surface area contributed by atoms with Crippen molar-refractivity contribution in [3.05, 3.63) is 46.7 Å². The molecule has 21 heavy (non-hydrogen) atoms. The fourth-order valence-corrected chi connectivity index (χ4v) is 4.30. The zero-order valence-corrected chi connectivity index (χ0v) is 13.2. The summed E-state index contributed by atoms with van der Waals surface area (Å²) in [5.74, 6) is 0. The normalized spacial score (nSPS) is 15.0. The highest BCUT2D eigenvalue weighted by Gasteiger charge is 2.29. The lowest BCUT2D eigenvalue weighted by Crippen LogP contribution is -2.26. The molecule has 1 aromatic heterocycles. The largest absolute Gasteiger partial charge is 0.384 e. The molecule has 0 spiro atoms. The smallest absolute Gasteiger partial charge is 0.242 e. The molecule has 0 atom stereocenters. The van der Waals surface area contributed by atoms with Gasteiger partial charge in [0.2, 0.25) is 10.0 Å². The SMILES string of the molecule is O=S(=O)(NC1CC1)c1ccccc1NCCc1cccs1. The average molecular weight is 322 g/mol. The topological polar surface area (TPSA) is 58.2 Å². The Kier molecular flexibility index (Phi) is 4.28. The van der Waals surface area contributed by atoms with Gasteiger partial charge in [-0.3, -0.25) is 0 Å². The summed E-state index contributed by atoms with van der Waals surface area (Å²) in [6, 6.07) is 11.3. The van der Waals surface area contributed by atoms with E-state index in [9.17, 15) is 8.42 Å². The lowest BCUT2D eigenvalue weighted by molar-refractivity contribution is 0.581. The van der Waals surface area contributed by atoms with Gasteiger partial charge in [0, 0.05) is 17.5 Å². The van der Waals surface area contributed by atoms with E-state index < -0.39 is 10.0 Å². The Morgan fingerprint density at radius 2 is 1.95 bits per heavy atom. The summed E-state index contributed by atoms with van der Waals surface area (Å²) in [5.41, 5.74) is 0.669. The second-order valence-electron chi connectivity index (χ2n) is 5.15. The first-order valence-corrected chi connectivity index (χ1v) is 9.39. The minimum absolute atomic E-state index is 0.120. The maximum absolute atomic E-state index is 12.3. The van der Waals surface area contributed by atoms with Crippen molar-refractivity contribution in [3.8, 4) is 0 Å². The number of anilines is 1. The van der Waals surface area contributed by atoms with Crippen LogP contribution in [0.25, 0.3) is 0 Å². The molecule has 3 rings (SSSR count). The Morgan fingerprint density at radius 1 is 1.14 bits per heavy atom. The molecule has 0 unspecified atom stereocenters. The summed E-state index contributed by atoms with van der Waals surface area (Å²) in [6.07, 6.45) is 2.77. The Balaban J connectivity index is 1.69. The number of hydrogen-bond acceptors (Lipinski definition) is 4. The first-order valence-electron chi connectivity index (χ1n) is 7.03. The van der Waals surface area contributed by atoms with E-state index in [1.54, 1.807) is 23.5 Å². The zero-order chi connectivity index (χ0) is 14.7. The molecule has 2 aromatic rings. The van der Waals surface area contributed by atoms with Crippen molar-refractivity contribution in [3.63, 3.8) is 0 Å². The number of sulfonamides is 1. The molecule has 0 saturated heterocycles. The van der Waals surface area contributed by atoms with E-state index in [0.29, 0.717) is 10.6 Å². The first-order chi connectivity index (χ1) is 10.1. The third kappa shape index (κ3) is 3.84. The van der Waals surface area contributed by atoms with Crippen molar-refractivity contribution in [1.82, 2.24) is 4.72 Å². The molecule has 1 saturated carbocycles.